The third-order valence-corrected chi connectivity index (χ3v) is 3.14. The van der Waals surface area contributed by atoms with Gasteiger partial charge < -0.3 is 15.0 Å². The highest BCUT2D eigenvalue weighted by molar-refractivity contribution is 6.30. The van der Waals surface area contributed by atoms with Crippen LogP contribution in [0.2, 0.25) is 5.02 Å². The van der Waals surface area contributed by atoms with Crippen molar-refractivity contribution in [1.82, 2.24) is 15.3 Å². The number of benzene rings is 1. The van der Waals surface area contributed by atoms with Crippen LogP contribution in [0, 0.1) is 0 Å². The van der Waals surface area contributed by atoms with Crippen molar-refractivity contribution in [3.05, 3.63) is 47.0 Å². The average Bonchev–Trinajstić information content (AvgIpc) is 2.92. The molecule has 1 amide bonds. The zero-order chi connectivity index (χ0) is 14.5. The number of ether oxygens (including phenoxy) is 1. The van der Waals surface area contributed by atoms with E-state index < -0.39 is 0 Å². The highest BCUT2D eigenvalue weighted by Crippen LogP contribution is 2.23. The number of nitrogens with one attached hydrogen (secondary N) is 2. The van der Waals surface area contributed by atoms with Crippen LogP contribution < -0.4 is 10.1 Å². The van der Waals surface area contributed by atoms with Crippen molar-refractivity contribution in [3.63, 3.8) is 0 Å². The van der Waals surface area contributed by atoms with E-state index in [1.54, 1.807) is 37.7 Å². The Hall–Kier alpha value is -2.01. The minimum Gasteiger partial charge on any atom is -0.496 e. The van der Waals surface area contributed by atoms with Gasteiger partial charge in [-0.25, -0.2) is 4.98 Å². The topological polar surface area (TPSA) is 67.0 Å². The molecule has 0 aliphatic carbocycles. The van der Waals surface area contributed by atoms with E-state index in [-0.39, 0.29) is 18.4 Å². The minimum atomic E-state index is -0.178. The summed E-state index contributed by atoms with van der Waals surface area (Å²) in [6.45, 7) is 1.87. The lowest BCUT2D eigenvalue weighted by Crippen LogP contribution is -2.28. The summed E-state index contributed by atoms with van der Waals surface area (Å²) in [5, 5.41) is 3.45. The fourth-order valence-electron chi connectivity index (χ4n) is 1.93. The normalized spacial score (nSPS) is 11.9. The Bertz CT molecular complexity index is 584. The lowest BCUT2D eigenvalue weighted by Gasteiger charge is -2.13. The van der Waals surface area contributed by atoms with Crippen LogP contribution in [0.4, 0.5) is 0 Å². The Morgan fingerprint density at radius 3 is 3.00 bits per heavy atom. The largest absolute Gasteiger partial charge is 0.496 e. The summed E-state index contributed by atoms with van der Waals surface area (Å²) in [6.07, 6.45) is 3.57. The Balaban J connectivity index is 2.03. The van der Waals surface area contributed by atoms with Crippen LogP contribution in [0.15, 0.2) is 30.6 Å². The Kier molecular flexibility index (Phi) is 4.63. The second kappa shape index (κ2) is 6.43. The van der Waals surface area contributed by atoms with Gasteiger partial charge in [0.05, 0.1) is 19.6 Å². The van der Waals surface area contributed by atoms with Crippen LogP contribution in [-0.4, -0.2) is 23.0 Å². The number of H-pyrrole nitrogens is 1. The second-order valence-corrected chi connectivity index (χ2v) is 4.83. The first-order valence-corrected chi connectivity index (χ1v) is 6.59. The molecule has 20 heavy (non-hydrogen) atoms. The van der Waals surface area contributed by atoms with Gasteiger partial charge in [-0.2, -0.15) is 0 Å². The predicted molar refractivity (Wildman–Crippen MR) is 76.9 cm³/mol. The van der Waals surface area contributed by atoms with Crippen molar-refractivity contribution in [2.45, 2.75) is 19.4 Å². The number of imidazole rings is 1. The molecule has 1 heterocycles. The molecular formula is C14H16ClN3O2. The molecule has 0 spiro atoms. The van der Waals surface area contributed by atoms with Crippen molar-refractivity contribution in [1.29, 1.82) is 0 Å². The van der Waals surface area contributed by atoms with Gasteiger partial charge in [0.1, 0.15) is 11.6 Å². The molecule has 0 saturated heterocycles. The number of hydrogen-bond donors (Lipinski definition) is 2. The number of halogens is 1. The molecule has 6 heteroatoms. The third-order valence-electron chi connectivity index (χ3n) is 2.90. The van der Waals surface area contributed by atoms with Crippen LogP contribution in [0.25, 0.3) is 0 Å². The molecular weight excluding hydrogens is 278 g/mol. The van der Waals surface area contributed by atoms with Gasteiger partial charge in [-0.3, -0.25) is 4.79 Å². The minimum absolute atomic E-state index is 0.116. The molecule has 0 fully saturated rings. The number of rotatable bonds is 5. The van der Waals surface area contributed by atoms with Crippen molar-refractivity contribution < 1.29 is 9.53 Å². The highest BCUT2D eigenvalue weighted by Gasteiger charge is 2.14. The number of aromatic nitrogens is 2. The zero-order valence-corrected chi connectivity index (χ0v) is 12.1. The summed E-state index contributed by atoms with van der Waals surface area (Å²) in [7, 11) is 1.57. The summed E-state index contributed by atoms with van der Waals surface area (Å²) in [4.78, 5) is 19.1. The van der Waals surface area contributed by atoms with Crippen molar-refractivity contribution in [3.8, 4) is 5.75 Å². The van der Waals surface area contributed by atoms with E-state index in [2.05, 4.69) is 15.3 Å². The first kappa shape index (κ1) is 14.4. The average molecular weight is 294 g/mol. The molecule has 106 valence electrons. The summed E-state index contributed by atoms with van der Waals surface area (Å²) in [5.41, 5.74) is 0.754. The van der Waals surface area contributed by atoms with Gasteiger partial charge in [-0.15, -0.1) is 0 Å². The van der Waals surface area contributed by atoms with E-state index in [4.69, 9.17) is 16.3 Å². The molecule has 0 radical (unpaired) electrons. The molecule has 0 bridgehead atoms. The fraction of sp³-hybridized carbons (Fsp3) is 0.286. The second-order valence-electron chi connectivity index (χ2n) is 4.40. The van der Waals surface area contributed by atoms with Gasteiger partial charge in [0.15, 0.2) is 0 Å². The van der Waals surface area contributed by atoms with Crippen LogP contribution in [0.1, 0.15) is 24.4 Å². The molecule has 1 aromatic heterocycles. The molecule has 0 aliphatic heterocycles. The Morgan fingerprint density at radius 2 is 2.35 bits per heavy atom. The van der Waals surface area contributed by atoms with Crippen molar-refractivity contribution in [2.24, 2.45) is 0 Å². The third kappa shape index (κ3) is 3.51. The van der Waals surface area contributed by atoms with Gasteiger partial charge >= 0.3 is 0 Å². The molecule has 5 nitrogen and oxygen atoms in total. The highest BCUT2D eigenvalue weighted by atomic mass is 35.5. The van der Waals surface area contributed by atoms with Gasteiger partial charge in [0.2, 0.25) is 5.91 Å². The molecule has 1 aromatic carbocycles. The summed E-state index contributed by atoms with van der Waals surface area (Å²) >= 11 is 5.94. The van der Waals surface area contributed by atoms with Crippen LogP contribution in [-0.2, 0) is 11.2 Å². The zero-order valence-electron chi connectivity index (χ0n) is 11.3. The van der Waals surface area contributed by atoms with Gasteiger partial charge in [0, 0.05) is 23.0 Å². The summed E-state index contributed by atoms with van der Waals surface area (Å²) in [5.74, 6) is 1.25. The lowest BCUT2D eigenvalue weighted by molar-refractivity contribution is -0.121. The van der Waals surface area contributed by atoms with E-state index in [1.165, 1.54) is 0 Å². The summed E-state index contributed by atoms with van der Waals surface area (Å²) in [6, 6.07) is 5.04. The number of methoxy groups -OCH3 is 1. The number of carbonyl (C=O) groups is 1. The van der Waals surface area contributed by atoms with Crippen LogP contribution >= 0.6 is 11.6 Å². The van der Waals surface area contributed by atoms with Crippen LogP contribution in [0.5, 0.6) is 5.75 Å². The number of hydrogen-bond acceptors (Lipinski definition) is 3. The molecule has 0 aliphatic rings. The molecule has 2 rings (SSSR count). The number of nitrogens with zero attached hydrogens (tertiary/aromatic N) is 1. The standard InChI is InChI=1S/C14H16ClN3O2/c1-9(14-16-5-6-17-14)18-13(19)8-10-7-11(15)3-4-12(10)20-2/h3-7,9H,8H2,1-2H3,(H,16,17)(H,18,19). The van der Waals surface area contributed by atoms with Crippen molar-refractivity contribution >= 4 is 17.5 Å². The molecule has 0 saturated carbocycles. The lowest BCUT2D eigenvalue weighted by atomic mass is 10.1. The first-order valence-electron chi connectivity index (χ1n) is 6.21. The summed E-state index contributed by atoms with van der Waals surface area (Å²) < 4.78 is 5.22. The van der Waals surface area contributed by atoms with Gasteiger partial charge in [-0.05, 0) is 25.1 Å². The smallest absolute Gasteiger partial charge is 0.225 e. The first-order chi connectivity index (χ1) is 9.60. The molecule has 2 aromatic rings. The number of amides is 1. The molecule has 2 N–H and O–H groups in total. The molecule has 1 atom stereocenters. The van der Waals surface area contributed by atoms with E-state index >= 15 is 0 Å². The monoisotopic (exact) mass is 293 g/mol. The number of carbonyl (C=O) groups excluding carboxylic acids is 1. The van der Waals surface area contributed by atoms with Crippen molar-refractivity contribution in [2.75, 3.05) is 7.11 Å². The quantitative estimate of drug-likeness (QED) is 0.890. The maximum absolute atomic E-state index is 12.0. The Labute approximate surface area is 122 Å². The number of aromatic amines is 1. The predicted octanol–water partition coefficient (Wildman–Crippen LogP) is 2.49. The molecule has 1 unspecified atom stereocenters. The van der Waals surface area contributed by atoms with E-state index in [0.717, 1.165) is 11.4 Å². The van der Waals surface area contributed by atoms with Crippen LogP contribution in [0.3, 0.4) is 0 Å². The SMILES string of the molecule is COc1ccc(Cl)cc1CC(=O)NC(C)c1ncc[nH]1. The Morgan fingerprint density at radius 1 is 1.55 bits per heavy atom. The maximum Gasteiger partial charge on any atom is 0.225 e. The maximum atomic E-state index is 12.0. The fourth-order valence-corrected chi connectivity index (χ4v) is 2.13. The van der Waals surface area contributed by atoms with E-state index in [9.17, 15) is 4.79 Å². The van der Waals surface area contributed by atoms with E-state index in [1.807, 2.05) is 6.92 Å². The van der Waals surface area contributed by atoms with Gasteiger partial charge in [-0.1, -0.05) is 11.6 Å². The van der Waals surface area contributed by atoms with E-state index in [0.29, 0.717) is 10.8 Å². The van der Waals surface area contributed by atoms with Gasteiger partial charge in [0.25, 0.3) is 0 Å².